The number of hydrogen-bond acceptors (Lipinski definition) is 5. The molecule has 4 nitrogen and oxygen atoms in total. The first-order valence-corrected chi connectivity index (χ1v) is 8.09. The van der Waals surface area contributed by atoms with Crippen molar-refractivity contribution in [1.29, 1.82) is 0 Å². The molecule has 0 unspecified atom stereocenters. The summed E-state index contributed by atoms with van der Waals surface area (Å²) in [5, 5.41) is 7.70. The molecule has 0 radical (unpaired) electrons. The minimum atomic E-state index is 0.163. The molecule has 0 aliphatic carbocycles. The van der Waals surface area contributed by atoms with Crippen LogP contribution >= 0.6 is 23.1 Å². The van der Waals surface area contributed by atoms with E-state index < -0.39 is 0 Å². The predicted molar refractivity (Wildman–Crippen MR) is 79.2 cm³/mol. The van der Waals surface area contributed by atoms with E-state index >= 15 is 0 Å². The standard InChI is InChI=1S/C13H17N3OS2/c1-4-5-16-9(2)6-11(10(16)3)12(17)7-18-13-15-14-8-19-13/h6,8H,4-5,7H2,1-3H3. The number of aryl methyl sites for hydroxylation is 1. The van der Waals surface area contributed by atoms with Gasteiger partial charge in [-0.3, -0.25) is 4.79 Å². The highest BCUT2D eigenvalue weighted by Crippen LogP contribution is 2.22. The molecule has 0 amide bonds. The molecule has 0 fully saturated rings. The zero-order valence-electron chi connectivity index (χ0n) is 11.3. The van der Waals surface area contributed by atoms with E-state index in [9.17, 15) is 4.79 Å². The SMILES string of the molecule is CCCn1c(C)cc(C(=O)CSc2nncs2)c1C. The van der Waals surface area contributed by atoms with Crippen molar-refractivity contribution < 1.29 is 4.79 Å². The zero-order chi connectivity index (χ0) is 13.8. The van der Waals surface area contributed by atoms with Gasteiger partial charge in [0.25, 0.3) is 0 Å². The van der Waals surface area contributed by atoms with Crippen molar-refractivity contribution in [3.63, 3.8) is 0 Å². The molecule has 0 aromatic carbocycles. The van der Waals surface area contributed by atoms with Crippen LogP contribution in [0.5, 0.6) is 0 Å². The molecule has 6 heteroatoms. The number of rotatable bonds is 6. The lowest BCUT2D eigenvalue weighted by molar-refractivity contribution is 0.102. The van der Waals surface area contributed by atoms with Crippen molar-refractivity contribution in [1.82, 2.24) is 14.8 Å². The molecule has 2 rings (SSSR count). The summed E-state index contributed by atoms with van der Waals surface area (Å²) in [4.78, 5) is 12.3. The summed E-state index contributed by atoms with van der Waals surface area (Å²) in [7, 11) is 0. The Kier molecular flexibility index (Phi) is 4.76. The first-order valence-electron chi connectivity index (χ1n) is 6.22. The Labute approximate surface area is 121 Å². The largest absolute Gasteiger partial charge is 0.348 e. The van der Waals surface area contributed by atoms with E-state index in [-0.39, 0.29) is 5.78 Å². The fourth-order valence-electron chi connectivity index (χ4n) is 2.08. The van der Waals surface area contributed by atoms with Crippen molar-refractivity contribution in [2.45, 2.75) is 38.1 Å². The van der Waals surface area contributed by atoms with Crippen molar-refractivity contribution >= 4 is 28.9 Å². The minimum Gasteiger partial charge on any atom is -0.348 e. The van der Waals surface area contributed by atoms with Crippen molar-refractivity contribution in [3.05, 3.63) is 28.5 Å². The molecule has 102 valence electrons. The summed E-state index contributed by atoms with van der Waals surface area (Å²) < 4.78 is 3.05. The van der Waals surface area contributed by atoms with Gasteiger partial charge < -0.3 is 4.57 Å². The van der Waals surface area contributed by atoms with Gasteiger partial charge in [0.1, 0.15) is 5.51 Å². The van der Waals surface area contributed by atoms with E-state index in [4.69, 9.17) is 0 Å². The monoisotopic (exact) mass is 295 g/mol. The molecule has 2 aromatic rings. The number of Topliss-reactive ketones (excluding diaryl/α,β-unsaturated/α-hetero) is 1. The minimum absolute atomic E-state index is 0.163. The third kappa shape index (κ3) is 3.25. The van der Waals surface area contributed by atoms with Crippen molar-refractivity contribution in [3.8, 4) is 0 Å². The van der Waals surface area contributed by atoms with Crippen LogP contribution in [-0.2, 0) is 6.54 Å². The summed E-state index contributed by atoms with van der Waals surface area (Å²) in [5.41, 5.74) is 4.74. The molecule has 19 heavy (non-hydrogen) atoms. The van der Waals surface area contributed by atoms with E-state index in [2.05, 4.69) is 28.6 Å². The Bertz CT molecular complexity index is 561. The number of carbonyl (C=O) groups excluding carboxylic acids is 1. The van der Waals surface area contributed by atoms with E-state index in [1.165, 1.54) is 23.1 Å². The molecule has 0 spiro atoms. The van der Waals surface area contributed by atoms with Crippen LogP contribution in [0.25, 0.3) is 0 Å². The fourth-order valence-corrected chi connectivity index (χ4v) is 3.45. The fraction of sp³-hybridized carbons (Fsp3) is 0.462. The lowest BCUT2D eigenvalue weighted by Crippen LogP contribution is -2.06. The average Bonchev–Trinajstić information content (AvgIpc) is 2.99. The molecule has 0 saturated carbocycles. The van der Waals surface area contributed by atoms with Gasteiger partial charge >= 0.3 is 0 Å². The molecule has 2 aromatic heterocycles. The highest BCUT2D eigenvalue weighted by atomic mass is 32.2. The van der Waals surface area contributed by atoms with Gasteiger partial charge in [0.05, 0.1) is 5.75 Å². The Balaban J connectivity index is 2.08. The molecule has 0 aliphatic heterocycles. The molecule has 0 N–H and O–H groups in total. The third-order valence-electron chi connectivity index (χ3n) is 2.99. The van der Waals surface area contributed by atoms with E-state index in [0.29, 0.717) is 5.75 Å². The van der Waals surface area contributed by atoms with Crippen LogP contribution < -0.4 is 0 Å². The lowest BCUT2D eigenvalue weighted by atomic mass is 10.2. The van der Waals surface area contributed by atoms with Crippen LogP contribution in [-0.4, -0.2) is 26.3 Å². The maximum atomic E-state index is 12.3. The topological polar surface area (TPSA) is 47.8 Å². The number of aromatic nitrogens is 3. The van der Waals surface area contributed by atoms with Gasteiger partial charge in [0.2, 0.25) is 0 Å². The Morgan fingerprint density at radius 3 is 2.89 bits per heavy atom. The Morgan fingerprint density at radius 2 is 2.26 bits per heavy atom. The van der Waals surface area contributed by atoms with Crippen molar-refractivity contribution in [2.24, 2.45) is 0 Å². The van der Waals surface area contributed by atoms with Gasteiger partial charge in [0, 0.05) is 23.5 Å². The quantitative estimate of drug-likeness (QED) is 0.606. The second kappa shape index (κ2) is 6.34. The van der Waals surface area contributed by atoms with E-state index in [0.717, 1.165) is 34.3 Å². The molecule has 0 saturated heterocycles. The second-order valence-electron chi connectivity index (χ2n) is 4.35. The normalized spacial score (nSPS) is 10.9. The average molecular weight is 295 g/mol. The first kappa shape index (κ1) is 14.3. The number of nitrogens with zero attached hydrogens (tertiary/aromatic N) is 3. The highest BCUT2D eigenvalue weighted by molar-refractivity contribution is 8.01. The maximum absolute atomic E-state index is 12.3. The summed E-state index contributed by atoms with van der Waals surface area (Å²) >= 11 is 2.92. The summed E-state index contributed by atoms with van der Waals surface area (Å²) in [5.74, 6) is 0.585. The van der Waals surface area contributed by atoms with Gasteiger partial charge in [-0.15, -0.1) is 10.2 Å². The smallest absolute Gasteiger partial charge is 0.174 e. The molecule has 0 aliphatic rings. The summed E-state index contributed by atoms with van der Waals surface area (Å²) in [6.07, 6.45) is 1.07. The van der Waals surface area contributed by atoms with Crippen LogP contribution in [0.2, 0.25) is 0 Å². The van der Waals surface area contributed by atoms with E-state index in [1.54, 1.807) is 5.51 Å². The molecule has 0 bridgehead atoms. The van der Waals surface area contributed by atoms with Gasteiger partial charge in [0.15, 0.2) is 10.1 Å². The number of ketones is 1. The second-order valence-corrected chi connectivity index (χ2v) is 6.41. The number of thioether (sulfide) groups is 1. The molecular weight excluding hydrogens is 278 g/mol. The van der Waals surface area contributed by atoms with Gasteiger partial charge in [-0.25, -0.2) is 0 Å². The van der Waals surface area contributed by atoms with Gasteiger partial charge in [-0.2, -0.15) is 0 Å². The summed E-state index contributed by atoms with van der Waals surface area (Å²) in [6.45, 7) is 7.18. The van der Waals surface area contributed by atoms with Crippen LogP contribution in [0.15, 0.2) is 15.9 Å². The Hall–Kier alpha value is -1.14. The predicted octanol–water partition coefficient (Wildman–Crippen LogP) is 3.34. The van der Waals surface area contributed by atoms with Gasteiger partial charge in [-0.1, -0.05) is 30.0 Å². The van der Waals surface area contributed by atoms with Crippen LogP contribution in [0.1, 0.15) is 35.1 Å². The van der Waals surface area contributed by atoms with Crippen LogP contribution in [0.4, 0.5) is 0 Å². The molecular formula is C13H17N3OS2. The number of carbonyl (C=O) groups is 1. The molecule has 0 atom stereocenters. The first-order chi connectivity index (χ1) is 9.13. The zero-order valence-corrected chi connectivity index (χ0v) is 13.0. The summed E-state index contributed by atoms with van der Waals surface area (Å²) in [6, 6.07) is 1.99. The Morgan fingerprint density at radius 1 is 1.47 bits per heavy atom. The van der Waals surface area contributed by atoms with Gasteiger partial charge in [-0.05, 0) is 26.3 Å². The van der Waals surface area contributed by atoms with Crippen molar-refractivity contribution in [2.75, 3.05) is 5.75 Å². The van der Waals surface area contributed by atoms with Crippen LogP contribution in [0, 0.1) is 13.8 Å². The molecule has 2 heterocycles. The van der Waals surface area contributed by atoms with E-state index in [1.807, 2.05) is 13.0 Å². The maximum Gasteiger partial charge on any atom is 0.174 e. The third-order valence-corrected chi connectivity index (χ3v) is 4.85. The lowest BCUT2D eigenvalue weighted by Gasteiger charge is -2.07. The highest BCUT2D eigenvalue weighted by Gasteiger charge is 2.15. The number of hydrogen-bond donors (Lipinski definition) is 0. The van der Waals surface area contributed by atoms with Crippen LogP contribution in [0.3, 0.4) is 0 Å².